The van der Waals surface area contributed by atoms with Gasteiger partial charge in [0, 0.05) is 13.0 Å². The minimum atomic E-state index is -0.801. The molecule has 0 amide bonds. The van der Waals surface area contributed by atoms with Crippen molar-refractivity contribution in [3.8, 4) is 0 Å². The van der Waals surface area contributed by atoms with Gasteiger partial charge in [-0.1, -0.05) is 76.7 Å². The Hall–Kier alpha value is -1.46. The monoisotopic (exact) mass is 406 g/mol. The standard InChI is InChI=1S/C24H43N3O2/c1-2-3-4-5-6-7-8-9-10-11-12-13-14-15-16-17-23-26-19-21-27(23,20-18-25)22-24(28)29/h2,19,21H,1,3-18,20,22,25H2/p+1. The van der Waals surface area contributed by atoms with Gasteiger partial charge in [-0.15, -0.1) is 6.58 Å². The van der Waals surface area contributed by atoms with Crippen molar-refractivity contribution >= 4 is 11.8 Å². The zero-order valence-electron chi connectivity index (χ0n) is 18.5. The van der Waals surface area contributed by atoms with Crippen molar-refractivity contribution < 1.29 is 14.4 Å². The van der Waals surface area contributed by atoms with Crippen LogP contribution in [0.5, 0.6) is 0 Å². The van der Waals surface area contributed by atoms with Crippen LogP contribution in [0.1, 0.15) is 96.3 Å². The lowest BCUT2D eigenvalue weighted by Crippen LogP contribution is -2.52. The van der Waals surface area contributed by atoms with Gasteiger partial charge in [0.1, 0.15) is 12.7 Å². The van der Waals surface area contributed by atoms with Gasteiger partial charge in [-0.05, 0) is 19.3 Å². The highest BCUT2D eigenvalue weighted by molar-refractivity contribution is 5.81. The summed E-state index contributed by atoms with van der Waals surface area (Å²) in [5, 5.41) is 9.24. The normalized spacial score (nSPS) is 18.2. The Morgan fingerprint density at radius 3 is 1.97 bits per heavy atom. The first-order valence-corrected chi connectivity index (χ1v) is 11.8. The summed E-state index contributed by atoms with van der Waals surface area (Å²) in [5.74, 6) is 0.160. The fraction of sp³-hybridized carbons (Fsp3) is 0.750. The second-order valence-electron chi connectivity index (χ2n) is 8.37. The molecule has 0 radical (unpaired) electrons. The maximum absolute atomic E-state index is 11.2. The number of amidine groups is 1. The summed E-state index contributed by atoms with van der Waals surface area (Å²) >= 11 is 0. The fourth-order valence-corrected chi connectivity index (χ4v) is 4.15. The predicted molar refractivity (Wildman–Crippen MR) is 123 cm³/mol. The first kappa shape index (κ1) is 25.6. The molecule has 1 atom stereocenters. The van der Waals surface area contributed by atoms with Gasteiger partial charge in [0.15, 0.2) is 6.54 Å². The van der Waals surface area contributed by atoms with Crippen molar-refractivity contribution in [1.29, 1.82) is 0 Å². The molecule has 0 aliphatic carbocycles. The maximum Gasteiger partial charge on any atom is 0.360 e. The molecule has 29 heavy (non-hydrogen) atoms. The van der Waals surface area contributed by atoms with Gasteiger partial charge in [0.25, 0.3) is 0 Å². The van der Waals surface area contributed by atoms with Gasteiger partial charge in [-0.3, -0.25) is 0 Å². The molecule has 0 saturated heterocycles. The second kappa shape index (κ2) is 16.3. The van der Waals surface area contributed by atoms with Crippen LogP contribution in [0, 0.1) is 0 Å². The topological polar surface area (TPSA) is 75.7 Å². The van der Waals surface area contributed by atoms with Crippen molar-refractivity contribution in [2.75, 3.05) is 19.6 Å². The van der Waals surface area contributed by atoms with E-state index in [1.807, 2.05) is 12.3 Å². The summed E-state index contributed by atoms with van der Waals surface area (Å²) < 4.78 is 0.306. The molecule has 5 nitrogen and oxygen atoms in total. The largest absolute Gasteiger partial charge is 0.477 e. The highest BCUT2D eigenvalue weighted by atomic mass is 16.4. The number of quaternary nitrogens is 1. The molecule has 5 heteroatoms. The molecule has 0 spiro atoms. The van der Waals surface area contributed by atoms with Gasteiger partial charge in [0.05, 0.1) is 6.20 Å². The molecule has 3 N–H and O–H groups in total. The van der Waals surface area contributed by atoms with E-state index in [9.17, 15) is 9.90 Å². The zero-order chi connectivity index (χ0) is 21.2. The van der Waals surface area contributed by atoms with Crippen LogP contribution in [0.3, 0.4) is 0 Å². The Bertz CT molecular complexity index is 516. The van der Waals surface area contributed by atoms with Crippen molar-refractivity contribution in [2.24, 2.45) is 10.7 Å². The molecule has 0 bridgehead atoms. The van der Waals surface area contributed by atoms with E-state index in [-0.39, 0.29) is 6.54 Å². The van der Waals surface area contributed by atoms with E-state index in [0.717, 1.165) is 18.7 Å². The number of rotatable bonds is 20. The van der Waals surface area contributed by atoms with Crippen LogP contribution in [-0.2, 0) is 4.79 Å². The van der Waals surface area contributed by atoms with Crippen LogP contribution < -0.4 is 5.73 Å². The summed E-state index contributed by atoms with van der Waals surface area (Å²) in [7, 11) is 0. The maximum atomic E-state index is 11.2. The van der Waals surface area contributed by atoms with Gasteiger partial charge in [-0.2, -0.15) is 0 Å². The molecule has 0 aromatic heterocycles. The third kappa shape index (κ3) is 11.3. The third-order valence-corrected chi connectivity index (χ3v) is 5.84. The van der Waals surface area contributed by atoms with E-state index in [1.165, 1.54) is 83.5 Å². The number of nitrogens with two attached hydrogens (primary N) is 1. The van der Waals surface area contributed by atoms with E-state index < -0.39 is 5.97 Å². The Labute approximate surface area is 178 Å². The van der Waals surface area contributed by atoms with Crippen LogP contribution in [0.25, 0.3) is 0 Å². The van der Waals surface area contributed by atoms with Crippen LogP contribution in [-0.4, -0.2) is 41.0 Å². The Morgan fingerprint density at radius 2 is 1.48 bits per heavy atom. The number of aliphatic imine (C=N–C) groups is 1. The van der Waals surface area contributed by atoms with E-state index in [2.05, 4.69) is 11.6 Å². The van der Waals surface area contributed by atoms with E-state index in [1.54, 1.807) is 6.20 Å². The number of allylic oxidation sites excluding steroid dienone is 1. The van der Waals surface area contributed by atoms with Crippen molar-refractivity contribution in [3.63, 3.8) is 0 Å². The number of hydrogen-bond donors (Lipinski definition) is 2. The Balaban J connectivity index is 1.99. The van der Waals surface area contributed by atoms with Crippen LogP contribution in [0.15, 0.2) is 30.0 Å². The lowest BCUT2D eigenvalue weighted by molar-refractivity contribution is -0.778. The van der Waals surface area contributed by atoms with Crippen molar-refractivity contribution in [3.05, 3.63) is 25.1 Å². The van der Waals surface area contributed by atoms with Crippen molar-refractivity contribution in [1.82, 2.24) is 0 Å². The smallest absolute Gasteiger partial charge is 0.360 e. The molecule has 1 unspecified atom stereocenters. The number of carboxylic acid groups (broad SMARTS) is 1. The number of aliphatic carboxylic acids is 1. The summed E-state index contributed by atoms with van der Waals surface area (Å²) in [6.45, 7) is 4.88. The summed E-state index contributed by atoms with van der Waals surface area (Å²) in [5.41, 5.74) is 5.72. The third-order valence-electron chi connectivity index (χ3n) is 5.84. The Kier molecular flexibility index (Phi) is 14.4. The molecule has 1 aliphatic heterocycles. The number of carboxylic acids is 1. The van der Waals surface area contributed by atoms with E-state index in [4.69, 9.17) is 5.73 Å². The van der Waals surface area contributed by atoms with Gasteiger partial charge < -0.3 is 10.8 Å². The number of unbranched alkanes of at least 4 members (excludes halogenated alkanes) is 13. The molecule has 1 rings (SSSR count). The van der Waals surface area contributed by atoms with E-state index in [0.29, 0.717) is 17.6 Å². The summed E-state index contributed by atoms with van der Waals surface area (Å²) in [6, 6.07) is 0. The second-order valence-corrected chi connectivity index (χ2v) is 8.37. The SMILES string of the molecule is C=CCCCCCCCCCCCCCCCC1=NC=C[N+]1(CCN)CC(=O)O. The first-order chi connectivity index (χ1) is 14.1. The number of carbonyl (C=O) groups is 1. The van der Waals surface area contributed by atoms with Gasteiger partial charge in [-0.25, -0.2) is 14.3 Å². The quantitative estimate of drug-likeness (QED) is 0.153. The molecule has 0 saturated carbocycles. The lowest BCUT2D eigenvalue weighted by atomic mass is 10.0. The predicted octanol–water partition coefficient (Wildman–Crippen LogP) is 5.77. The minimum absolute atomic E-state index is 0.0430. The highest BCUT2D eigenvalue weighted by Crippen LogP contribution is 2.21. The minimum Gasteiger partial charge on any atom is -0.477 e. The molecule has 1 heterocycles. The first-order valence-electron chi connectivity index (χ1n) is 11.8. The molecule has 166 valence electrons. The fourth-order valence-electron chi connectivity index (χ4n) is 4.15. The average molecular weight is 407 g/mol. The van der Waals surface area contributed by atoms with Gasteiger partial charge in [0.2, 0.25) is 5.84 Å². The summed E-state index contributed by atoms with van der Waals surface area (Å²) in [4.78, 5) is 15.7. The summed E-state index contributed by atoms with van der Waals surface area (Å²) in [6.07, 6.45) is 24.8. The molecule has 1 aliphatic rings. The average Bonchev–Trinajstić information content (AvgIpc) is 3.06. The Morgan fingerprint density at radius 1 is 0.966 bits per heavy atom. The molecular formula is C24H44N3O2+. The molecule has 0 aromatic carbocycles. The van der Waals surface area contributed by atoms with Crippen LogP contribution in [0.4, 0.5) is 0 Å². The van der Waals surface area contributed by atoms with E-state index >= 15 is 0 Å². The number of nitrogens with zero attached hydrogens (tertiary/aromatic N) is 2. The number of hydrogen-bond acceptors (Lipinski definition) is 3. The molecule has 0 aromatic rings. The highest BCUT2D eigenvalue weighted by Gasteiger charge is 2.36. The van der Waals surface area contributed by atoms with Crippen molar-refractivity contribution in [2.45, 2.75) is 96.3 Å². The molecule has 0 fully saturated rings. The zero-order valence-corrected chi connectivity index (χ0v) is 18.5. The van der Waals surface area contributed by atoms with Crippen LogP contribution in [0.2, 0.25) is 0 Å². The van der Waals surface area contributed by atoms with Crippen LogP contribution >= 0.6 is 0 Å². The van der Waals surface area contributed by atoms with Gasteiger partial charge >= 0.3 is 5.97 Å². The molecular weight excluding hydrogens is 362 g/mol. The lowest BCUT2D eigenvalue weighted by Gasteiger charge is -2.30.